The zero-order valence-electron chi connectivity index (χ0n) is 18.5. The number of nitrogens with zero attached hydrogens (tertiary/aromatic N) is 5. The highest BCUT2D eigenvalue weighted by atomic mass is 16.5. The van der Waals surface area contributed by atoms with E-state index in [1.165, 1.54) is 5.57 Å². The molecule has 8 nitrogen and oxygen atoms in total. The van der Waals surface area contributed by atoms with Gasteiger partial charge in [-0.15, -0.1) is 5.10 Å². The first kappa shape index (κ1) is 20.8. The average Bonchev–Trinajstić information content (AvgIpc) is 3.44. The molecule has 3 aromatic rings. The van der Waals surface area contributed by atoms with Crippen LogP contribution in [0, 0.1) is 18.3 Å². The van der Waals surface area contributed by atoms with Crippen molar-refractivity contribution in [2.45, 2.75) is 40.2 Å². The maximum atomic E-state index is 12.4. The average molecular weight is 421 g/mol. The molecule has 2 aromatic heterocycles. The van der Waals surface area contributed by atoms with Gasteiger partial charge in [0.05, 0.1) is 31.0 Å². The molecule has 162 valence electrons. The van der Waals surface area contributed by atoms with Gasteiger partial charge in [0, 0.05) is 17.7 Å². The Morgan fingerprint density at radius 3 is 2.65 bits per heavy atom. The molecule has 4 rings (SSSR count). The van der Waals surface area contributed by atoms with Crippen molar-refractivity contribution >= 4 is 5.91 Å². The van der Waals surface area contributed by atoms with Gasteiger partial charge >= 0.3 is 0 Å². The molecule has 2 heterocycles. The fraction of sp³-hybridized carbons (Fsp3) is 0.391. The van der Waals surface area contributed by atoms with Crippen LogP contribution >= 0.6 is 0 Å². The van der Waals surface area contributed by atoms with Gasteiger partial charge in [0.25, 0.3) is 0 Å². The van der Waals surface area contributed by atoms with Gasteiger partial charge in [-0.05, 0) is 37.8 Å². The van der Waals surface area contributed by atoms with E-state index >= 15 is 0 Å². The number of carbonyl (C=O) groups excluding carboxylic acids is 1. The molecule has 0 fully saturated rings. The number of primary amides is 1. The SMILES string of the molecule is COc1cc(-c2cn(C(C(N)=O)C3CC=C(C)C3(C)C)nn2)ccc1-n1cnc(C)c1. The Hall–Kier alpha value is -3.42. The number of amides is 1. The van der Waals surface area contributed by atoms with Crippen LogP contribution in [0.3, 0.4) is 0 Å². The van der Waals surface area contributed by atoms with E-state index in [4.69, 9.17) is 10.5 Å². The highest BCUT2D eigenvalue weighted by Crippen LogP contribution is 2.48. The van der Waals surface area contributed by atoms with Gasteiger partial charge in [-0.2, -0.15) is 0 Å². The fourth-order valence-electron chi connectivity index (χ4n) is 4.34. The van der Waals surface area contributed by atoms with Gasteiger partial charge in [-0.1, -0.05) is 36.8 Å². The standard InChI is InChI=1S/C23H28N6O2/c1-14-6-8-17(23(14,3)4)21(22(24)30)29-12-18(26-27-29)16-7-9-19(20(10-16)31-5)28-11-15(2)25-13-28/h6-7,9-13,17,21H,8H2,1-5H3,(H2,24,30). The van der Waals surface area contributed by atoms with Crippen molar-refractivity contribution in [3.8, 4) is 22.7 Å². The van der Waals surface area contributed by atoms with E-state index in [1.54, 1.807) is 24.3 Å². The summed E-state index contributed by atoms with van der Waals surface area (Å²) in [6, 6.07) is 5.24. The summed E-state index contributed by atoms with van der Waals surface area (Å²) in [6.45, 7) is 8.32. The molecule has 8 heteroatoms. The summed E-state index contributed by atoms with van der Waals surface area (Å²) in [5, 5.41) is 8.60. The third kappa shape index (κ3) is 3.62. The molecule has 2 N–H and O–H groups in total. The molecule has 0 bridgehead atoms. The summed E-state index contributed by atoms with van der Waals surface area (Å²) in [6.07, 6.45) is 8.44. The minimum Gasteiger partial charge on any atom is -0.495 e. The van der Waals surface area contributed by atoms with Crippen molar-refractivity contribution in [1.82, 2.24) is 24.5 Å². The predicted octanol–water partition coefficient (Wildman–Crippen LogP) is 3.47. The lowest BCUT2D eigenvalue weighted by atomic mass is 9.74. The summed E-state index contributed by atoms with van der Waals surface area (Å²) in [4.78, 5) is 16.7. The minimum atomic E-state index is -0.569. The first-order chi connectivity index (χ1) is 14.7. The van der Waals surface area contributed by atoms with Crippen LogP contribution in [0.4, 0.5) is 0 Å². The monoisotopic (exact) mass is 420 g/mol. The van der Waals surface area contributed by atoms with Crippen LogP contribution < -0.4 is 10.5 Å². The molecule has 0 spiro atoms. The van der Waals surface area contributed by atoms with E-state index in [0.29, 0.717) is 11.4 Å². The van der Waals surface area contributed by atoms with Crippen LogP contribution in [-0.4, -0.2) is 37.6 Å². The third-order valence-electron chi connectivity index (χ3n) is 6.55. The van der Waals surface area contributed by atoms with Gasteiger partial charge in [-0.3, -0.25) is 4.79 Å². The van der Waals surface area contributed by atoms with Crippen LogP contribution in [0.1, 0.15) is 38.9 Å². The molecule has 1 aliphatic rings. The van der Waals surface area contributed by atoms with Crippen molar-refractivity contribution in [1.29, 1.82) is 0 Å². The molecule has 0 saturated heterocycles. The molecule has 0 saturated carbocycles. The number of hydrogen-bond donors (Lipinski definition) is 1. The molecule has 0 aliphatic heterocycles. The number of nitrogens with two attached hydrogens (primary N) is 1. The molecule has 2 atom stereocenters. The topological polar surface area (TPSA) is 101 Å². The Bertz CT molecular complexity index is 1160. The normalized spacial score (nSPS) is 18.6. The number of carbonyl (C=O) groups is 1. The zero-order valence-corrected chi connectivity index (χ0v) is 18.5. The van der Waals surface area contributed by atoms with Gasteiger partial charge in [0.15, 0.2) is 0 Å². The molecule has 31 heavy (non-hydrogen) atoms. The van der Waals surface area contributed by atoms with Crippen LogP contribution in [0.5, 0.6) is 5.75 Å². The first-order valence-corrected chi connectivity index (χ1v) is 10.3. The van der Waals surface area contributed by atoms with E-state index < -0.39 is 11.9 Å². The highest BCUT2D eigenvalue weighted by molar-refractivity contribution is 5.79. The summed E-state index contributed by atoms with van der Waals surface area (Å²) in [5.41, 5.74) is 10.2. The van der Waals surface area contributed by atoms with Crippen molar-refractivity contribution < 1.29 is 9.53 Å². The summed E-state index contributed by atoms with van der Waals surface area (Å²) >= 11 is 0. The smallest absolute Gasteiger partial charge is 0.242 e. The number of hydrogen-bond acceptors (Lipinski definition) is 5. The van der Waals surface area contributed by atoms with Crippen LogP contribution in [0.2, 0.25) is 0 Å². The van der Waals surface area contributed by atoms with Crippen molar-refractivity contribution in [2.75, 3.05) is 7.11 Å². The molecular formula is C23H28N6O2. The number of imidazole rings is 1. The summed E-state index contributed by atoms with van der Waals surface area (Å²) in [5.74, 6) is 0.314. The second kappa shape index (κ2) is 7.68. The Balaban J connectivity index is 1.67. The van der Waals surface area contributed by atoms with Crippen LogP contribution in [-0.2, 0) is 4.79 Å². The molecular weight excluding hydrogens is 392 g/mol. The quantitative estimate of drug-likeness (QED) is 0.616. The lowest BCUT2D eigenvalue weighted by Gasteiger charge is -2.34. The van der Waals surface area contributed by atoms with Crippen molar-refractivity contribution in [3.63, 3.8) is 0 Å². The lowest BCUT2D eigenvalue weighted by Crippen LogP contribution is -2.38. The summed E-state index contributed by atoms with van der Waals surface area (Å²) < 4.78 is 9.12. The predicted molar refractivity (Wildman–Crippen MR) is 118 cm³/mol. The Morgan fingerprint density at radius 2 is 2.06 bits per heavy atom. The van der Waals surface area contributed by atoms with Gasteiger partial charge in [-0.25, -0.2) is 9.67 Å². The Labute approximate surface area is 181 Å². The third-order valence-corrected chi connectivity index (χ3v) is 6.55. The highest BCUT2D eigenvalue weighted by Gasteiger charge is 2.43. The van der Waals surface area contributed by atoms with Crippen molar-refractivity contribution in [3.05, 3.63) is 54.3 Å². The van der Waals surface area contributed by atoms with Gasteiger partial charge in [0.2, 0.25) is 5.91 Å². The van der Waals surface area contributed by atoms with Crippen LogP contribution in [0.15, 0.2) is 48.6 Å². The molecule has 1 aliphatic carbocycles. The second-order valence-electron chi connectivity index (χ2n) is 8.69. The number of rotatable bonds is 6. The Kier molecular flexibility index (Phi) is 5.16. The minimum absolute atomic E-state index is 0.0287. The molecule has 1 aromatic carbocycles. The second-order valence-corrected chi connectivity index (χ2v) is 8.69. The number of ether oxygens (including phenoxy) is 1. The largest absolute Gasteiger partial charge is 0.495 e. The van der Waals surface area contributed by atoms with E-state index in [0.717, 1.165) is 23.4 Å². The van der Waals surface area contributed by atoms with Gasteiger partial charge in [0.1, 0.15) is 17.5 Å². The van der Waals surface area contributed by atoms with E-state index in [2.05, 4.69) is 42.1 Å². The van der Waals surface area contributed by atoms with E-state index in [9.17, 15) is 4.79 Å². The first-order valence-electron chi connectivity index (χ1n) is 10.3. The lowest BCUT2D eigenvalue weighted by molar-refractivity contribution is -0.124. The molecule has 1 amide bonds. The van der Waals surface area contributed by atoms with Gasteiger partial charge < -0.3 is 15.0 Å². The van der Waals surface area contributed by atoms with Crippen LogP contribution in [0.25, 0.3) is 16.9 Å². The summed E-state index contributed by atoms with van der Waals surface area (Å²) in [7, 11) is 1.63. The maximum absolute atomic E-state index is 12.4. The Morgan fingerprint density at radius 1 is 1.29 bits per heavy atom. The zero-order chi connectivity index (χ0) is 22.3. The number of allylic oxidation sites excluding steroid dienone is 2. The fourth-order valence-corrected chi connectivity index (χ4v) is 4.34. The molecule has 0 radical (unpaired) electrons. The molecule has 2 unspecified atom stereocenters. The van der Waals surface area contributed by atoms with E-state index in [-0.39, 0.29) is 11.3 Å². The number of methoxy groups -OCH3 is 1. The number of benzene rings is 1. The van der Waals surface area contributed by atoms with Crippen molar-refractivity contribution in [2.24, 2.45) is 17.1 Å². The number of aryl methyl sites for hydroxylation is 1. The maximum Gasteiger partial charge on any atom is 0.242 e. The van der Waals surface area contributed by atoms with E-state index in [1.807, 2.05) is 35.9 Å². The number of aromatic nitrogens is 5.